The van der Waals surface area contributed by atoms with Crippen LogP contribution in [-0.2, 0) is 0 Å². The van der Waals surface area contributed by atoms with Crippen molar-refractivity contribution in [3.63, 3.8) is 0 Å². The summed E-state index contributed by atoms with van der Waals surface area (Å²) in [5.74, 6) is 1.22. The average Bonchev–Trinajstić information content (AvgIpc) is 1.96. The van der Waals surface area contributed by atoms with Crippen LogP contribution in [0.4, 0.5) is 0 Å². The van der Waals surface area contributed by atoms with Crippen LogP contribution >= 0.6 is 11.8 Å². The third-order valence-corrected chi connectivity index (χ3v) is 3.95. The highest BCUT2D eigenvalue weighted by molar-refractivity contribution is 8.03. The minimum absolute atomic E-state index is 0.558. The Labute approximate surface area is 79.1 Å². The molecule has 1 rings (SSSR count). The van der Waals surface area contributed by atoms with Crippen molar-refractivity contribution in [3.8, 4) is 0 Å². The molecule has 12 heavy (non-hydrogen) atoms. The fraction of sp³-hybridized carbons (Fsp3) is 0.600. The molecule has 2 atom stereocenters. The van der Waals surface area contributed by atoms with Crippen molar-refractivity contribution < 1.29 is 0 Å². The van der Waals surface area contributed by atoms with E-state index in [9.17, 15) is 0 Å². The van der Waals surface area contributed by atoms with Crippen molar-refractivity contribution in [2.75, 3.05) is 0 Å². The molecule has 0 radical (unpaired) electrons. The number of thioether (sulfide) groups is 1. The Bertz CT molecular complexity index is 218. The molecule has 1 aliphatic rings. The van der Waals surface area contributed by atoms with Gasteiger partial charge in [0.05, 0.1) is 5.03 Å². The number of rotatable bonds is 1. The highest BCUT2D eigenvalue weighted by Gasteiger charge is 2.26. The monoisotopic (exact) mass is 183 g/mol. The molecule has 68 valence electrons. The molecule has 0 spiro atoms. The SMILES string of the molecule is C=C1C=C(N)SC(C(C)C)C1C. The zero-order valence-electron chi connectivity index (χ0n) is 8.00. The first kappa shape index (κ1) is 9.72. The van der Waals surface area contributed by atoms with Crippen molar-refractivity contribution in [1.82, 2.24) is 0 Å². The molecule has 1 aliphatic heterocycles. The first-order chi connectivity index (χ1) is 5.52. The summed E-state index contributed by atoms with van der Waals surface area (Å²) in [7, 11) is 0. The number of allylic oxidation sites excluding steroid dienone is 2. The lowest BCUT2D eigenvalue weighted by atomic mass is 9.91. The smallest absolute Gasteiger partial charge is 0.0660 e. The van der Waals surface area contributed by atoms with Gasteiger partial charge in [0.2, 0.25) is 0 Å². The van der Waals surface area contributed by atoms with Crippen LogP contribution in [0.2, 0.25) is 0 Å². The molecule has 0 aromatic rings. The van der Waals surface area contributed by atoms with Gasteiger partial charge in [0, 0.05) is 5.25 Å². The first-order valence-electron chi connectivity index (χ1n) is 4.35. The van der Waals surface area contributed by atoms with E-state index in [2.05, 4.69) is 27.4 Å². The van der Waals surface area contributed by atoms with E-state index < -0.39 is 0 Å². The average molecular weight is 183 g/mol. The molecule has 2 unspecified atom stereocenters. The predicted octanol–water partition coefficient (Wildman–Crippen LogP) is 2.75. The van der Waals surface area contributed by atoms with Crippen LogP contribution in [-0.4, -0.2) is 5.25 Å². The zero-order valence-corrected chi connectivity index (χ0v) is 8.82. The maximum atomic E-state index is 5.78. The van der Waals surface area contributed by atoms with Gasteiger partial charge in [-0.3, -0.25) is 0 Å². The van der Waals surface area contributed by atoms with Gasteiger partial charge in [-0.05, 0) is 23.5 Å². The van der Waals surface area contributed by atoms with Crippen molar-refractivity contribution >= 4 is 11.8 Å². The maximum absolute atomic E-state index is 5.78. The second kappa shape index (κ2) is 3.56. The van der Waals surface area contributed by atoms with Gasteiger partial charge in [0.25, 0.3) is 0 Å². The van der Waals surface area contributed by atoms with Crippen LogP contribution in [0.1, 0.15) is 20.8 Å². The molecule has 0 aromatic carbocycles. The number of nitrogens with two attached hydrogens (primary N) is 1. The molecule has 1 nitrogen and oxygen atoms in total. The summed E-state index contributed by atoms with van der Waals surface area (Å²) >= 11 is 1.78. The van der Waals surface area contributed by atoms with Crippen LogP contribution in [0.15, 0.2) is 23.3 Å². The summed E-state index contributed by atoms with van der Waals surface area (Å²) in [6.45, 7) is 10.7. The molecule has 0 saturated heterocycles. The topological polar surface area (TPSA) is 26.0 Å². The van der Waals surface area contributed by atoms with E-state index in [0.29, 0.717) is 17.1 Å². The second-order valence-electron chi connectivity index (χ2n) is 3.74. The van der Waals surface area contributed by atoms with Crippen LogP contribution in [0.5, 0.6) is 0 Å². The van der Waals surface area contributed by atoms with Crippen molar-refractivity contribution in [1.29, 1.82) is 0 Å². The highest BCUT2D eigenvalue weighted by atomic mass is 32.2. The molecule has 0 saturated carbocycles. The van der Waals surface area contributed by atoms with Gasteiger partial charge in [-0.2, -0.15) is 0 Å². The van der Waals surface area contributed by atoms with Crippen LogP contribution in [0.25, 0.3) is 0 Å². The molecule has 2 heteroatoms. The molecular formula is C10H17NS. The lowest BCUT2D eigenvalue weighted by Crippen LogP contribution is -2.26. The Balaban J connectivity index is 2.81. The second-order valence-corrected chi connectivity index (χ2v) is 4.99. The van der Waals surface area contributed by atoms with Gasteiger partial charge in [-0.25, -0.2) is 0 Å². The Morgan fingerprint density at radius 2 is 2.17 bits per heavy atom. The number of hydrogen-bond acceptors (Lipinski definition) is 2. The molecule has 2 N–H and O–H groups in total. The van der Waals surface area contributed by atoms with Gasteiger partial charge in [0.15, 0.2) is 0 Å². The predicted molar refractivity (Wildman–Crippen MR) is 56.8 cm³/mol. The van der Waals surface area contributed by atoms with Gasteiger partial charge < -0.3 is 5.73 Å². The third kappa shape index (κ3) is 1.86. The molecular weight excluding hydrogens is 166 g/mol. The lowest BCUT2D eigenvalue weighted by Gasteiger charge is -2.31. The first-order valence-corrected chi connectivity index (χ1v) is 5.23. The quantitative estimate of drug-likeness (QED) is 0.676. The van der Waals surface area contributed by atoms with E-state index in [-0.39, 0.29) is 0 Å². The fourth-order valence-corrected chi connectivity index (χ4v) is 2.72. The summed E-state index contributed by atoms with van der Waals surface area (Å²) in [6, 6.07) is 0. The normalized spacial score (nSPS) is 30.7. The zero-order chi connectivity index (χ0) is 9.30. The van der Waals surface area contributed by atoms with Gasteiger partial charge in [-0.1, -0.05) is 27.4 Å². The Morgan fingerprint density at radius 1 is 1.58 bits per heavy atom. The maximum Gasteiger partial charge on any atom is 0.0660 e. The van der Waals surface area contributed by atoms with Crippen LogP contribution < -0.4 is 5.73 Å². The minimum Gasteiger partial charge on any atom is -0.394 e. The Morgan fingerprint density at radius 3 is 2.67 bits per heavy atom. The van der Waals surface area contributed by atoms with E-state index >= 15 is 0 Å². The van der Waals surface area contributed by atoms with Gasteiger partial charge in [0.1, 0.15) is 0 Å². The summed E-state index contributed by atoms with van der Waals surface area (Å²) in [5.41, 5.74) is 6.95. The third-order valence-electron chi connectivity index (χ3n) is 2.33. The summed E-state index contributed by atoms with van der Waals surface area (Å²) in [4.78, 5) is 0. The standard InChI is InChI=1S/C10H17NS/c1-6(2)10-8(4)7(3)5-9(11)12-10/h5-6,8,10H,3,11H2,1-2,4H3. The van der Waals surface area contributed by atoms with Crippen molar-refractivity contribution in [2.45, 2.75) is 26.0 Å². The van der Waals surface area contributed by atoms with E-state index in [1.165, 1.54) is 5.57 Å². The summed E-state index contributed by atoms with van der Waals surface area (Å²) < 4.78 is 0. The van der Waals surface area contributed by atoms with Crippen LogP contribution in [0.3, 0.4) is 0 Å². The van der Waals surface area contributed by atoms with Gasteiger partial charge >= 0.3 is 0 Å². The van der Waals surface area contributed by atoms with E-state index in [1.54, 1.807) is 11.8 Å². The molecule has 0 bridgehead atoms. The van der Waals surface area contributed by atoms with E-state index in [4.69, 9.17) is 5.73 Å². The van der Waals surface area contributed by atoms with E-state index in [0.717, 1.165) is 5.03 Å². The van der Waals surface area contributed by atoms with Crippen molar-refractivity contribution in [3.05, 3.63) is 23.3 Å². The Kier molecular flexibility index (Phi) is 2.89. The largest absolute Gasteiger partial charge is 0.394 e. The van der Waals surface area contributed by atoms with Crippen molar-refractivity contribution in [2.24, 2.45) is 17.6 Å². The fourth-order valence-electron chi connectivity index (χ4n) is 1.53. The molecule has 0 aromatic heterocycles. The molecule has 1 heterocycles. The molecule has 0 amide bonds. The van der Waals surface area contributed by atoms with Gasteiger partial charge in [-0.15, -0.1) is 11.8 Å². The summed E-state index contributed by atoms with van der Waals surface area (Å²) in [5, 5.41) is 1.51. The minimum atomic E-state index is 0.558. The number of hydrogen-bond donors (Lipinski definition) is 1. The highest BCUT2D eigenvalue weighted by Crippen LogP contribution is 2.38. The lowest BCUT2D eigenvalue weighted by molar-refractivity contribution is 0.508. The Hall–Kier alpha value is -0.370. The molecule has 0 aliphatic carbocycles. The van der Waals surface area contributed by atoms with E-state index in [1.807, 2.05) is 6.08 Å². The van der Waals surface area contributed by atoms with Crippen LogP contribution in [0, 0.1) is 11.8 Å². The molecule has 0 fully saturated rings. The summed E-state index contributed by atoms with van der Waals surface area (Å²) in [6.07, 6.45) is 1.99.